The average Bonchev–Trinajstić information content (AvgIpc) is 2.26. The molecule has 0 N–H and O–H groups in total. The van der Waals surface area contributed by atoms with Crippen LogP contribution in [0.1, 0.15) is 65.2 Å². The zero-order valence-corrected chi connectivity index (χ0v) is 11.2. The lowest BCUT2D eigenvalue weighted by atomic mass is 9.91. The highest BCUT2D eigenvalue weighted by Gasteiger charge is 2.18. The van der Waals surface area contributed by atoms with Crippen LogP contribution in [-0.2, 0) is 4.79 Å². The molecule has 1 fully saturated rings. The van der Waals surface area contributed by atoms with Crippen molar-refractivity contribution in [2.45, 2.75) is 71.3 Å². The van der Waals surface area contributed by atoms with E-state index in [0.717, 1.165) is 5.92 Å². The van der Waals surface area contributed by atoms with Crippen molar-refractivity contribution in [2.24, 2.45) is 5.92 Å². The van der Waals surface area contributed by atoms with E-state index in [2.05, 4.69) is 6.92 Å². The molecule has 0 aromatic carbocycles. The molecule has 0 heterocycles. The first kappa shape index (κ1) is 13.5. The van der Waals surface area contributed by atoms with Crippen LogP contribution in [0.25, 0.3) is 0 Å². The van der Waals surface area contributed by atoms with Crippen molar-refractivity contribution in [1.82, 2.24) is 4.90 Å². The Morgan fingerprint density at radius 3 is 2.25 bits per heavy atom. The van der Waals surface area contributed by atoms with Crippen molar-refractivity contribution in [3.63, 3.8) is 0 Å². The van der Waals surface area contributed by atoms with Crippen molar-refractivity contribution < 1.29 is 4.79 Å². The maximum atomic E-state index is 11.4. The van der Waals surface area contributed by atoms with Crippen LogP contribution in [0.15, 0.2) is 0 Å². The molecule has 0 aromatic heterocycles. The van der Waals surface area contributed by atoms with E-state index >= 15 is 0 Å². The molecule has 16 heavy (non-hydrogen) atoms. The SMILES string of the molecule is CC(=O)N(C)C1CCCCCCC(C)CC1. The molecule has 94 valence electrons. The van der Waals surface area contributed by atoms with E-state index in [4.69, 9.17) is 0 Å². The van der Waals surface area contributed by atoms with Crippen molar-refractivity contribution >= 4 is 5.91 Å². The Morgan fingerprint density at radius 1 is 1.00 bits per heavy atom. The number of rotatable bonds is 1. The Balaban J connectivity index is 2.49. The van der Waals surface area contributed by atoms with Gasteiger partial charge in [-0.3, -0.25) is 4.79 Å². The minimum atomic E-state index is 0.217. The van der Waals surface area contributed by atoms with E-state index in [0.29, 0.717) is 6.04 Å². The summed E-state index contributed by atoms with van der Waals surface area (Å²) in [4.78, 5) is 13.4. The van der Waals surface area contributed by atoms with Gasteiger partial charge in [0.05, 0.1) is 0 Å². The molecular weight excluding hydrogens is 198 g/mol. The Bertz CT molecular complexity index is 215. The summed E-state index contributed by atoms with van der Waals surface area (Å²) in [6.07, 6.45) is 10.4. The smallest absolute Gasteiger partial charge is 0.219 e. The molecule has 0 bridgehead atoms. The van der Waals surface area contributed by atoms with Gasteiger partial charge in [-0.2, -0.15) is 0 Å². The van der Waals surface area contributed by atoms with Crippen LogP contribution in [-0.4, -0.2) is 23.9 Å². The quantitative estimate of drug-likeness (QED) is 0.667. The summed E-state index contributed by atoms with van der Waals surface area (Å²) in [5.74, 6) is 1.05. The molecule has 2 nitrogen and oxygen atoms in total. The number of amides is 1. The summed E-state index contributed by atoms with van der Waals surface area (Å²) < 4.78 is 0. The van der Waals surface area contributed by atoms with Gasteiger partial charge < -0.3 is 4.90 Å². The fraction of sp³-hybridized carbons (Fsp3) is 0.929. The summed E-state index contributed by atoms with van der Waals surface area (Å²) >= 11 is 0. The van der Waals surface area contributed by atoms with Crippen LogP contribution in [0.2, 0.25) is 0 Å². The van der Waals surface area contributed by atoms with Gasteiger partial charge in [0, 0.05) is 20.0 Å². The van der Waals surface area contributed by atoms with E-state index in [9.17, 15) is 4.79 Å². The Kier molecular flexibility index (Phi) is 5.86. The van der Waals surface area contributed by atoms with Gasteiger partial charge in [-0.15, -0.1) is 0 Å². The first-order chi connectivity index (χ1) is 7.61. The summed E-state index contributed by atoms with van der Waals surface area (Å²) in [5.41, 5.74) is 0. The Hall–Kier alpha value is -0.530. The maximum absolute atomic E-state index is 11.4. The lowest BCUT2D eigenvalue weighted by Crippen LogP contribution is -2.35. The van der Waals surface area contributed by atoms with Crippen LogP contribution in [0, 0.1) is 5.92 Å². The molecule has 1 saturated carbocycles. The Labute approximate surface area is 100 Å². The minimum Gasteiger partial charge on any atom is -0.343 e. The molecular formula is C14H27NO. The van der Waals surface area contributed by atoms with E-state index in [-0.39, 0.29) is 5.91 Å². The second kappa shape index (κ2) is 6.93. The lowest BCUT2D eigenvalue weighted by Gasteiger charge is -2.29. The third-order valence-corrected chi connectivity index (χ3v) is 4.02. The van der Waals surface area contributed by atoms with E-state index in [1.54, 1.807) is 6.92 Å². The van der Waals surface area contributed by atoms with Crippen LogP contribution in [0.3, 0.4) is 0 Å². The molecule has 0 radical (unpaired) electrons. The zero-order valence-electron chi connectivity index (χ0n) is 11.2. The number of carbonyl (C=O) groups is 1. The fourth-order valence-electron chi connectivity index (χ4n) is 2.64. The van der Waals surface area contributed by atoms with Crippen molar-refractivity contribution in [1.29, 1.82) is 0 Å². The highest BCUT2D eigenvalue weighted by atomic mass is 16.2. The first-order valence-electron chi connectivity index (χ1n) is 6.84. The van der Waals surface area contributed by atoms with Crippen LogP contribution in [0.5, 0.6) is 0 Å². The molecule has 2 unspecified atom stereocenters. The average molecular weight is 225 g/mol. The number of nitrogens with zero attached hydrogens (tertiary/aromatic N) is 1. The van der Waals surface area contributed by atoms with Crippen molar-refractivity contribution in [3.05, 3.63) is 0 Å². The van der Waals surface area contributed by atoms with Crippen molar-refractivity contribution in [2.75, 3.05) is 7.05 Å². The molecule has 0 saturated heterocycles. The summed E-state index contributed by atoms with van der Waals surface area (Å²) in [5, 5.41) is 0. The predicted molar refractivity (Wildman–Crippen MR) is 68.3 cm³/mol. The first-order valence-corrected chi connectivity index (χ1v) is 6.84. The maximum Gasteiger partial charge on any atom is 0.219 e. The highest BCUT2D eigenvalue weighted by molar-refractivity contribution is 5.73. The van der Waals surface area contributed by atoms with Crippen LogP contribution >= 0.6 is 0 Å². The third-order valence-electron chi connectivity index (χ3n) is 4.02. The van der Waals surface area contributed by atoms with Gasteiger partial charge in [0.15, 0.2) is 0 Å². The number of hydrogen-bond donors (Lipinski definition) is 0. The Morgan fingerprint density at radius 2 is 1.62 bits per heavy atom. The molecule has 1 amide bonds. The standard InChI is InChI=1S/C14H27NO/c1-12-8-6-4-5-7-9-14(11-10-12)15(3)13(2)16/h12,14H,4-11H2,1-3H3. The molecule has 0 aliphatic heterocycles. The highest BCUT2D eigenvalue weighted by Crippen LogP contribution is 2.23. The van der Waals surface area contributed by atoms with Crippen LogP contribution in [0.4, 0.5) is 0 Å². The van der Waals surface area contributed by atoms with E-state index in [1.165, 1.54) is 51.4 Å². The number of carbonyl (C=O) groups excluding carboxylic acids is 1. The normalized spacial score (nSPS) is 28.4. The molecule has 1 rings (SSSR count). The van der Waals surface area contributed by atoms with Crippen LogP contribution < -0.4 is 0 Å². The van der Waals surface area contributed by atoms with Gasteiger partial charge in [-0.1, -0.05) is 39.0 Å². The topological polar surface area (TPSA) is 20.3 Å². The van der Waals surface area contributed by atoms with E-state index in [1.807, 2.05) is 11.9 Å². The molecule has 1 aliphatic rings. The fourth-order valence-corrected chi connectivity index (χ4v) is 2.64. The van der Waals surface area contributed by atoms with Gasteiger partial charge >= 0.3 is 0 Å². The van der Waals surface area contributed by atoms with Gasteiger partial charge in [-0.05, 0) is 25.2 Å². The van der Waals surface area contributed by atoms with Gasteiger partial charge in [-0.25, -0.2) is 0 Å². The third kappa shape index (κ3) is 4.54. The second-order valence-corrected chi connectivity index (χ2v) is 5.46. The molecule has 2 heteroatoms. The van der Waals surface area contributed by atoms with E-state index < -0.39 is 0 Å². The molecule has 0 aromatic rings. The van der Waals surface area contributed by atoms with Gasteiger partial charge in [0.2, 0.25) is 5.91 Å². The molecule has 1 aliphatic carbocycles. The van der Waals surface area contributed by atoms with Gasteiger partial charge in [0.25, 0.3) is 0 Å². The predicted octanol–water partition coefficient (Wildman–Crippen LogP) is 3.60. The zero-order chi connectivity index (χ0) is 12.0. The lowest BCUT2D eigenvalue weighted by molar-refractivity contribution is -0.129. The second-order valence-electron chi connectivity index (χ2n) is 5.46. The number of hydrogen-bond acceptors (Lipinski definition) is 1. The molecule has 2 atom stereocenters. The largest absolute Gasteiger partial charge is 0.343 e. The molecule has 0 spiro atoms. The summed E-state index contributed by atoms with van der Waals surface area (Å²) in [6, 6.07) is 0.484. The monoisotopic (exact) mass is 225 g/mol. The minimum absolute atomic E-state index is 0.217. The summed E-state index contributed by atoms with van der Waals surface area (Å²) in [6.45, 7) is 4.04. The van der Waals surface area contributed by atoms with Gasteiger partial charge in [0.1, 0.15) is 0 Å². The summed E-state index contributed by atoms with van der Waals surface area (Å²) in [7, 11) is 1.96. The van der Waals surface area contributed by atoms with Crippen molar-refractivity contribution in [3.8, 4) is 0 Å².